The van der Waals surface area contributed by atoms with E-state index in [1.54, 1.807) is 38.5 Å². The number of hydrogen-bond donors (Lipinski definition) is 3. The molecule has 0 spiro atoms. The van der Waals surface area contributed by atoms with Crippen LogP contribution in [0.25, 0.3) is 0 Å². The van der Waals surface area contributed by atoms with Gasteiger partial charge in [-0.05, 0) is 31.2 Å². The summed E-state index contributed by atoms with van der Waals surface area (Å²) in [6.07, 6.45) is 0. The fraction of sp³-hybridized carbons (Fsp3) is 0.300. The third kappa shape index (κ3) is 7.62. The topological polar surface area (TPSA) is 84.0 Å². The quantitative estimate of drug-likeness (QED) is 0.209. The van der Waals surface area contributed by atoms with Gasteiger partial charge in [-0.15, -0.1) is 24.0 Å². The molecule has 2 rings (SSSR count). The number of nitrogens with one attached hydrogen (secondary N) is 3. The van der Waals surface area contributed by atoms with Crippen LogP contribution in [0, 0.1) is 0 Å². The Bertz CT molecular complexity index is 833. The maximum Gasteiger partial charge on any atom is 0.252 e. The lowest BCUT2D eigenvalue weighted by molar-refractivity contribution is 0.0955. The number of rotatable bonds is 8. The molecule has 1 amide bonds. The Balaban J connectivity index is 0.00000420. The smallest absolute Gasteiger partial charge is 0.252 e. The summed E-state index contributed by atoms with van der Waals surface area (Å²) in [6, 6.07) is 12.4. The van der Waals surface area contributed by atoms with Gasteiger partial charge in [-0.2, -0.15) is 0 Å². The van der Waals surface area contributed by atoms with Gasteiger partial charge in [0.05, 0.1) is 31.4 Å². The average molecular weight is 533 g/mol. The Labute approximate surface area is 193 Å². The molecule has 0 fully saturated rings. The lowest BCUT2D eigenvalue weighted by Crippen LogP contribution is -2.32. The number of hydrogen-bond acceptors (Lipinski definition) is 4. The third-order valence-electron chi connectivity index (χ3n) is 3.78. The van der Waals surface area contributed by atoms with Crippen LogP contribution in [-0.2, 0) is 0 Å². The van der Waals surface area contributed by atoms with Gasteiger partial charge in [0.2, 0.25) is 0 Å². The molecule has 0 saturated heterocycles. The van der Waals surface area contributed by atoms with E-state index in [0.29, 0.717) is 47.7 Å². The molecule has 0 heterocycles. The first-order valence-electron chi connectivity index (χ1n) is 8.89. The van der Waals surface area contributed by atoms with Crippen molar-refractivity contribution in [2.24, 2.45) is 4.99 Å². The molecule has 0 aromatic heterocycles. The van der Waals surface area contributed by atoms with Crippen LogP contribution in [0.3, 0.4) is 0 Å². The van der Waals surface area contributed by atoms with Crippen molar-refractivity contribution in [2.45, 2.75) is 6.92 Å². The van der Waals surface area contributed by atoms with Gasteiger partial charge in [0, 0.05) is 24.8 Å². The van der Waals surface area contributed by atoms with Crippen LogP contribution in [0.1, 0.15) is 17.3 Å². The van der Waals surface area contributed by atoms with Crippen molar-refractivity contribution in [1.29, 1.82) is 0 Å². The highest BCUT2D eigenvalue weighted by Crippen LogP contribution is 2.29. The fourth-order valence-electron chi connectivity index (χ4n) is 2.44. The minimum atomic E-state index is -0.223. The summed E-state index contributed by atoms with van der Waals surface area (Å²) >= 11 is 6.03. The van der Waals surface area contributed by atoms with Gasteiger partial charge in [-0.3, -0.25) is 9.79 Å². The molecule has 0 radical (unpaired) electrons. The van der Waals surface area contributed by atoms with E-state index >= 15 is 0 Å². The minimum Gasteiger partial charge on any atom is -0.493 e. The first-order valence-corrected chi connectivity index (χ1v) is 9.27. The predicted molar refractivity (Wildman–Crippen MR) is 128 cm³/mol. The molecule has 3 N–H and O–H groups in total. The van der Waals surface area contributed by atoms with Crippen LogP contribution in [0.4, 0.5) is 5.69 Å². The number of carbonyl (C=O) groups is 1. The van der Waals surface area contributed by atoms with E-state index < -0.39 is 0 Å². The Morgan fingerprint density at radius 1 is 1.07 bits per heavy atom. The van der Waals surface area contributed by atoms with Gasteiger partial charge in [-0.1, -0.05) is 23.7 Å². The molecule has 158 valence electrons. The van der Waals surface area contributed by atoms with Gasteiger partial charge in [-0.25, -0.2) is 0 Å². The highest BCUT2D eigenvalue weighted by atomic mass is 127. The van der Waals surface area contributed by atoms with Gasteiger partial charge in [0.1, 0.15) is 0 Å². The average Bonchev–Trinajstić information content (AvgIpc) is 2.71. The summed E-state index contributed by atoms with van der Waals surface area (Å²) in [5, 5.41) is 9.60. The molecule has 0 saturated carbocycles. The number of halogens is 2. The maximum atomic E-state index is 12.2. The number of aliphatic imine (C=N–C) groups is 1. The van der Waals surface area contributed by atoms with Gasteiger partial charge in [0.25, 0.3) is 5.91 Å². The second-order valence-electron chi connectivity index (χ2n) is 5.69. The zero-order valence-corrected chi connectivity index (χ0v) is 19.7. The molecule has 7 nitrogen and oxygen atoms in total. The number of amides is 1. The molecule has 2 aromatic rings. The second kappa shape index (κ2) is 13.1. The summed E-state index contributed by atoms with van der Waals surface area (Å²) in [5.74, 6) is 1.65. The van der Waals surface area contributed by atoms with E-state index in [0.717, 1.165) is 5.69 Å². The fourth-order valence-corrected chi connectivity index (χ4v) is 2.66. The van der Waals surface area contributed by atoms with Gasteiger partial charge in [0.15, 0.2) is 17.5 Å². The maximum absolute atomic E-state index is 12.2. The van der Waals surface area contributed by atoms with Crippen LogP contribution in [0.5, 0.6) is 11.5 Å². The Hall–Kier alpha value is -2.20. The summed E-state index contributed by atoms with van der Waals surface area (Å²) in [7, 11) is 3.18. The van der Waals surface area contributed by atoms with Crippen LogP contribution in [0.2, 0.25) is 5.02 Å². The molecule has 0 unspecified atom stereocenters. The predicted octanol–water partition coefficient (Wildman–Crippen LogP) is 3.78. The summed E-state index contributed by atoms with van der Waals surface area (Å²) in [5.41, 5.74) is 1.25. The van der Waals surface area contributed by atoms with E-state index in [9.17, 15) is 4.79 Å². The van der Waals surface area contributed by atoms with Crippen molar-refractivity contribution < 1.29 is 14.3 Å². The number of nitrogens with zero attached hydrogens (tertiary/aromatic N) is 1. The minimum absolute atomic E-state index is 0. The van der Waals surface area contributed by atoms with Crippen LogP contribution in [0.15, 0.2) is 47.5 Å². The van der Waals surface area contributed by atoms with E-state index in [-0.39, 0.29) is 29.9 Å². The highest BCUT2D eigenvalue weighted by Gasteiger charge is 2.09. The van der Waals surface area contributed by atoms with Gasteiger partial charge < -0.3 is 25.4 Å². The molecule has 9 heteroatoms. The lowest BCUT2D eigenvalue weighted by Gasteiger charge is -2.14. The molecule has 0 atom stereocenters. The zero-order valence-electron chi connectivity index (χ0n) is 16.6. The summed E-state index contributed by atoms with van der Waals surface area (Å²) < 4.78 is 10.6. The molecule has 0 aliphatic carbocycles. The number of methoxy groups -OCH3 is 2. The van der Waals surface area contributed by atoms with E-state index in [2.05, 4.69) is 20.9 Å². The number of anilines is 1. The van der Waals surface area contributed by atoms with Crippen molar-refractivity contribution in [3.63, 3.8) is 0 Å². The first-order chi connectivity index (χ1) is 13.6. The van der Waals surface area contributed by atoms with Crippen molar-refractivity contribution >= 4 is 53.1 Å². The molecule has 2 aromatic carbocycles. The Morgan fingerprint density at radius 3 is 2.45 bits per heavy atom. The van der Waals surface area contributed by atoms with Crippen molar-refractivity contribution in [3.8, 4) is 11.5 Å². The normalized spacial score (nSPS) is 10.6. The summed E-state index contributed by atoms with van der Waals surface area (Å²) in [4.78, 5) is 16.6. The van der Waals surface area contributed by atoms with E-state index in [1.807, 2.05) is 25.1 Å². The Morgan fingerprint density at radius 2 is 1.79 bits per heavy atom. The molecular weight excluding hydrogens is 507 g/mol. The van der Waals surface area contributed by atoms with E-state index in [4.69, 9.17) is 21.1 Å². The highest BCUT2D eigenvalue weighted by molar-refractivity contribution is 14.0. The molecular formula is C20H26ClIN4O3. The number of benzene rings is 2. The van der Waals surface area contributed by atoms with Crippen molar-refractivity contribution in [3.05, 3.63) is 53.1 Å². The lowest BCUT2D eigenvalue weighted by atomic mass is 10.2. The first kappa shape index (κ1) is 24.8. The third-order valence-corrected chi connectivity index (χ3v) is 4.11. The van der Waals surface area contributed by atoms with Crippen molar-refractivity contribution in [2.75, 3.05) is 39.2 Å². The monoisotopic (exact) mass is 532 g/mol. The molecule has 29 heavy (non-hydrogen) atoms. The SMILES string of the molecule is CCNC(=NCCNC(=O)c1ccccc1Cl)Nc1ccc(OC)c(OC)c1.I. The van der Waals surface area contributed by atoms with Crippen molar-refractivity contribution in [1.82, 2.24) is 10.6 Å². The number of guanidine groups is 1. The number of ether oxygens (including phenoxy) is 2. The Kier molecular flexibility index (Phi) is 11.2. The summed E-state index contributed by atoms with van der Waals surface area (Å²) in [6.45, 7) is 3.46. The second-order valence-corrected chi connectivity index (χ2v) is 6.10. The largest absolute Gasteiger partial charge is 0.493 e. The van der Waals surface area contributed by atoms with Crippen LogP contribution in [-0.4, -0.2) is 45.7 Å². The van der Waals surface area contributed by atoms with Crippen LogP contribution >= 0.6 is 35.6 Å². The molecule has 0 aliphatic heterocycles. The standard InChI is InChI=1S/C20H25ClN4O3.HI/c1-4-22-20(25-14-9-10-17(27-2)18(13-14)28-3)24-12-11-23-19(26)15-7-5-6-8-16(15)21;/h5-10,13H,4,11-12H2,1-3H3,(H,23,26)(H2,22,24,25);1H. The number of carbonyl (C=O) groups excluding carboxylic acids is 1. The molecule has 0 aliphatic rings. The van der Waals surface area contributed by atoms with E-state index in [1.165, 1.54) is 0 Å². The molecule has 0 bridgehead atoms. The zero-order chi connectivity index (χ0) is 20.4. The van der Waals surface area contributed by atoms with Crippen LogP contribution < -0.4 is 25.4 Å². The van der Waals surface area contributed by atoms with Gasteiger partial charge >= 0.3 is 0 Å².